The number of rotatable bonds is 5. The van der Waals surface area contributed by atoms with Gasteiger partial charge in [0.05, 0.1) is 6.61 Å². The van der Waals surface area contributed by atoms with Crippen molar-refractivity contribution in [1.29, 1.82) is 0 Å². The van der Waals surface area contributed by atoms with Crippen LogP contribution in [0.15, 0.2) is 15.2 Å². The molecule has 0 atom stereocenters. The Kier molecular flexibility index (Phi) is 4.29. The summed E-state index contributed by atoms with van der Waals surface area (Å²) in [6, 6.07) is 1.86. The van der Waals surface area contributed by atoms with Crippen LogP contribution in [0.25, 0.3) is 0 Å². The molecule has 0 spiro atoms. The van der Waals surface area contributed by atoms with Crippen molar-refractivity contribution in [2.75, 3.05) is 13.2 Å². The Labute approximate surface area is 120 Å². The smallest absolute Gasteiger partial charge is 0.325 e. The van der Waals surface area contributed by atoms with Gasteiger partial charge in [0.1, 0.15) is 6.54 Å². The van der Waals surface area contributed by atoms with Gasteiger partial charge in [0.25, 0.3) is 5.91 Å². The Bertz CT molecular complexity index is 493. The molecule has 0 N–H and O–H groups in total. The number of ether oxygens (including phenoxy) is 1. The van der Waals surface area contributed by atoms with Gasteiger partial charge in [-0.15, -0.1) is 0 Å². The molecule has 1 saturated carbocycles. The van der Waals surface area contributed by atoms with Gasteiger partial charge in [-0.05, 0) is 48.7 Å². The summed E-state index contributed by atoms with van der Waals surface area (Å²) >= 11 is 3.20. The highest BCUT2D eigenvalue weighted by atomic mass is 79.9. The van der Waals surface area contributed by atoms with E-state index in [1.54, 1.807) is 19.9 Å². The summed E-state index contributed by atoms with van der Waals surface area (Å²) in [5.41, 5.74) is 0.756. The fourth-order valence-corrected chi connectivity index (χ4v) is 2.39. The molecule has 1 fully saturated rings. The minimum atomic E-state index is -0.383. The van der Waals surface area contributed by atoms with Crippen LogP contribution < -0.4 is 0 Å². The second-order valence-corrected chi connectivity index (χ2v) is 5.31. The molecule has 0 aromatic carbocycles. The molecule has 1 heterocycles. The summed E-state index contributed by atoms with van der Waals surface area (Å²) in [5.74, 6) is -0.354. The fourth-order valence-electron chi connectivity index (χ4n) is 1.88. The number of halogens is 1. The van der Waals surface area contributed by atoms with Gasteiger partial charge < -0.3 is 14.1 Å². The number of aryl methyl sites for hydroxylation is 1. The van der Waals surface area contributed by atoms with Crippen LogP contribution in [0.1, 0.15) is 35.9 Å². The number of amides is 1. The predicted octanol–water partition coefficient (Wildman–Crippen LogP) is 2.52. The van der Waals surface area contributed by atoms with Gasteiger partial charge in [0.2, 0.25) is 0 Å². The number of furan rings is 1. The Morgan fingerprint density at radius 2 is 2.21 bits per heavy atom. The third-order valence-electron chi connectivity index (χ3n) is 2.94. The molecule has 0 aliphatic heterocycles. The van der Waals surface area contributed by atoms with Gasteiger partial charge in [-0.25, -0.2) is 0 Å². The standard InChI is InChI=1S/C13H16BrNO4/c1-3-18-11(16)7-15(9-4-5-9)13(17)12-8(2)6-10(14)19-12/h6,9H,3-5,7H2,1-2H3. The normalized spacial score (nSPS) is 14.3. The Morgan fingerprint density at radius 3 is 2.68 bits per heavy atom. The van der Waals surface area contributed by atoms with E-state index in [0.717, 1.165) is 18.4 Å². The van der Waals surface area contributed by atoms with E-state index in [4.69, 9.17) is 9.15 Å². The van der Waals surface area contributed by atoms with Crippen LogP contribution in [0.2, 0.25) is 0 Å². The molecule has 1 aromatic rings. The van der Waals surface area contributed by atoms with Crippen LogP contribution in [0.4, 0.5) is 0 Å². The maximum atomic E-state index is 12.4. The zero-order chi connectivity index (χ0) is 14.0. The van der Waals surface area contributed by atoms with Crippen molar-refractivity contribution in [3.8, 4) is 0 Å². The highest BCUT2D eigenvalue weighted by molar-refractivity contribution is 9.10. The molecule has 0 radical (unpaired) electrons. The Morgan fingerprint density at radius 1 is 1.53 bits per heavy atom. The van der Waals surface area contributed by atoms with Crippen molar-refractivity contribution in [1.82, 2.24) is 4.90 Å². The molecular formula is C13H16BrNO4. The number of carbonyl (C=O) groups is 2. The van der Waals surface area contributed by atoms with Crippen LogP contribution in [0.5, 0.6) is 0 Å². The number of hydrogen-bond acceptors (Lipinski definition) is 4. The first-order chi connectivity index (χ1) is 9.02. The molecule has 5 nitrogen and oxygen atoms in total. The summed E-state index contributed by atoms with van der Waals surface area (Å²) in [4.78, 5) is 25.5. The molecular weight excluding hydrogens is 314 g/mol. The predicted molar refractivity (Wildman–Crippen MR) is 71.8 cm³/mol. The maximum absolute atomic E-state index is 12.4. The lowest BCUT2D eigenvalue weighted by atomic mass is 10.2. The highest BCUT2D eigenvalue weighted by Crippen LogP contribution is 2.30. The van der Waals surface area contributed by atoms with Gasteiger partial charge in [-0.2, -0.15) is 0 Å². The van der Waals surface area contributed by atoms with Gasteiger partial charge in [0.15, 0.2) is 10.4 Å². The third-order valence-corrected chi connectivity index (χ3v) is 3.33. The van der Waals surface area contributed by atoms with Crippen LogP contribution >= 0.6 is 15.9 Å². The van der Waals surface area contributed by atoms with Crippen LogP contribution in [0.3, 0.4) is 0 Å². The van der Waals surface area contributed by atoms with E-state index in [-0.39, 0.29) is 30.2 Å². The Hall–Kier alpha value is -1.30. The van der Waals surface area contributed by atoms with Crippen molar-refractivity contribution in [3.05, 3.63) is 22.1 Å². The fraction of sp³-hybridized carbons (Fsp3) is 0.538. The molecule has 1 aliphatic carbocycles. The van der Waals surface area contributed by atoms with Crippen molar-refractivity contribution in [3.63, 3.8) is 0 Å². The summed E-state index contributed by atoms with van der Waals surface area (Å²) in [7, 11) is 0. The highest BCUT2D eigenvalue weighted by Gasteiger charge is 2.36. The van der Waals surface area contributed by atoms with Crippen molar-refractivity contribution < 1.29 is 18.7 Å². The summed E-state index contributed by atoms with van der Waals surface area (Å²) < 4.78 is 10.8. The first-order valence-electron chi connectivity index (χ1n) is 6.25. The summed E-state index contributed by atoms with van der Waals surface area (Å²) in [6.07, 6.45) is 1.85. The SMILES string of the molecule is CCOC(=O)CN(C(=O)c1oc(Br)cc1C)C1CC1. The summed E-state index contributed by atoms with van der Waals surface area (Å²) in [6.45, 7) is 3.85. The van der Waals surface area contributed by atoms with Crippen molar-refractivity contribution in [2.45, 2.75) is 32.7 Å². The van der Waals surface area contributed by atoms with Crippen molar-refractivity contribution in [2.24, 2.45) is 0 Å². The average Bonchev–Trinajstić information content (AvgIpc) is 3.11. The second kappa shape index (κ2) is 5.77. The average molecular weight is 330 g/mol. The van der Waals surface area contributed by atoms with E-state index >= 15 is 0 Å². The molecule has 104 valence electrons. The molecule has 2 rings (SSSR count). The van der Waals surface area contributed by atoms with E-state index < -0.39 is 0 Å². The molecule has 0 unspecified atom stereocenters. The topological polar surface area (TPSA) is 59.8 Å². The van der Waals surface area contributed by atoms with Gasteiger partial charge in [-0.3, -0.25) is 9.59 Å². The summed E-state index contributed by atoms with van der Waals surface area (Å²) in [5, 5.41) is 0. The monoisotopic (exact) mass is 329 g/mol. The lowest BCUT2D eigenvalue weighted by molar-refractivity contribution is -0.144. The third kappa shape index (κ3) is 3.37. The quantitative estimate of drug-likeness (QED) is 0.779. The molecule has 1 aliphatic rings. The molecule has 0 saturated heterocycles. The largest absolute Gasteiger partial charge is 0.465 e. The molecule has 6 heteroatoms. The lowest BCUT2D eigenvalue weighted by Crippen LogP contribution is -2.38. The number of hydrogen-bond donors (Lipinski definition) is 0. The lowest BCUT2D eigenvalue weighted by Gasteiger charge is -2.20. The first kappa shape index (κ1) is 14.1. The number of esters is 1. The van der Waals surface area contributed by atoms with Crippen molar-refractivity contribution >= 4 is 27.8 Å². The van der Waals surface area contributed by atoms with Crippen LogP contribution in [-0.4, -0.2) is 36.0 Å². The molecule has 0 bridgehead atoms. The van der Waals surface area contributed by atoms with Gasteiger partial charge >= 0.3 is 5.97 Å². The first-order valence-corrected chi connectivity index (χ1v) is 7.04. The number of nitrogens with zero attached hydrogens (tertiary/aromatic N) is 1. The molecule has 1 aromatic heterocycles. The molecule has 1 amide bonds. The molecule has 19 heavy (non-hydrogen) atoms. The van der Waals surface area contributed by atoms with E-state index in [2.05, 4.69) is 15.9 Å². The van der Waals surface area contributed by atoms with E-state index in [1.165, 1.54) is 4.90 Å². The van der Waals surface area contributed by atoms with Gasteiger partial charge in [0, 0.05) is 11.6 Å². The minimum absolute atomic E-state index is 0.0188. The maximum Gasteiger partial charge on any atom is 0.325 e. The van der Waals surface area contributed by atoms with E-state index in [9.17, 15) is 9.59 Å². The number of carbonyl (C=O) groups excluding carboxylic acids is 2. The Balaban J connectivity index is 2.13. The van der Waals surface area contributed by atoms with E-state index in [1.807, 2.05) is 0 Å². The minimum Gasteiger partial charge on any atom is -0.465 e. The van der Waals surface area contributed by atoms with Gasteiger partial charge in [-0.1, -0.05) is 0 Å². The van der Waals surface area contributed by atoms with E-state index in [0.29, 0.717) is 11.3 Å². The van der Waals surface area contributed by atoms with Crippen LogP contribution in [-0.2, 0) is 9.53 Å². The van der Waals surface area contributed by atoms with Crippen LogP contribution in [0, 0.1) is 6.92 Å². The zero-order valence-corrected chi connectivity index (χ0v) is 12.5. The second-order valence-electron chi connectivity index (χ2n) is 4.53. The zero-order valence-electron chi connectivity index (χ0n) is 10.9.